The number of aromatic nitrogens is 2. The molecule has 5 nitrogen and oxygen atoms in total. The zero-order valence-electron chi connectivity index (χ0n) is 9.54. The summed E-state index contributed by atoms with van der Waals surface area (Å²) in [5, 5.41) is 0. The first-order valence-corrected chi connectivity index (χ1v) is 5.10. The second-order valence-corrected chi connectivity index (χ2v) is 3.25. The maximum Gasteiger partial charge on any atom is 0.433 e. The van der Waals surface area contributed by atoms with Crippen LogP contribution in [0.1, 0.15) is 19.5 Å². The molecule has 0 atom stereocenters. The van der Waals surface area contributed by atoms with Crippen molar-refractivity contribution in [3.05, 3.63) is 11.8 Å². The van der Waals surface area contributed by atoms with Gasteiger partial charge in [-0.15, -0.1) is 0 Å². The van der Waals surface area contributed by atoms with Gasteiger partial charge in [-0.2, -0.15) is 18.2 Å². The van der Waals surface area contributed by atoms with Crippen LogP contribution >= 0.6 is 0 Å². The summed E-state index contributed by atoms with van der Waals surface area (Å²) in [4.78, 5) is 8.84. The molecule has 0 aliphatic rings. The summed E-state index contributed by atoms with van der Waals surface area (Å²) in [7, 11) is 0. The van der Waals surface area contributed by atoms with Crippen LogP contribution in [0.2, 0.25) is 0 Å². The van der Waals surface area contributed by atoms with Crippen molar-refractivity contribution >= 4 is 11.8 Å². The first-order chi connectivity index (χ1) is 7.92. The minimum Gasteiger partial charge on any atom is -0.357 e. The third-order valence-corrected chi connectivity index (χ3v) is 2.22. The number of nitrogens with two attached hydrogens (primary N) is 1. The van der Waals surface area contributed by atoms with Crippen molar-refractivity contribution in [2.45, 2.75) is 20.0 Å². The van der Waals surface area contributed by atoms with Crippen LogP contribution in [0.3, 0.4) is 0 Å². The van der Waals surface area contributed by atoms with Crippen LogP contribution < -0.4 is 16.2 Å². The van der Waals surface area contributed by atoms with Gasteiger partial charge < -0.3 is 4.90 Å². The monoisotopic (exact) mass is 249 g/mol. The van der Waals surface area contributed by atoms with Gasteiger partial charge in [-0.3, -0.25) is 5.43 Å². The van der Waals surface area contributed by atoms with Gasteiger partial charge in [0.25, 0.3) is 0 Å². The first kappa shape index (κ1) is 13.5. The zero-order chi connectivity index (χ0) is 13.1. The van der Waals surface area contributed by atoms with Crippen LogP contribution in [-0.4, -0.2) is 23.1 Å². The van der Waals surface area contributed by atoms with Crippen molar-refractivity contribution in [1.82, 2.24) is 9.97 Å². The van der Waals surface area contributed by atoms with Crippen LogP contribution in [0, 0.1) is 0 Å². The van der Waals surface area contributed by atoms with E-state index in [-0.39, 0.29) is 11.8 Å². The minimum atomic E-state index is -4.52. The number of alkyl halides is 3. The Balaban J connectivity index is 3.22. The number of nitrogens with zero attached hydrogens (tertiary/aromatic N) is 3. The fraction of sp³-hybridized carbons (Fsp3) is 0.556. The van der Waals surface area contributed by atoms with E-state index in [0.717, 1.165) is 6.07 Å². The molecule has 0 radical (unpaired) electrons. The Morgan fingerprint density at radius 2 is 1.88 bits per heavy atom. The molecule has 1 aromatic rings. The van der Waals surface area contributed by atoms with E-state index < -0.39 is 11.9 Å². The highest BCUT2D eigenvalue weighted by molar-refractivity contribution is 5.45. The van der Waals surface area contributed by atoms with E-state index >= 15 is 0 Å². The quantitative estimate of drug-likeness (QED) is 0.627. The maximum absolute atomic E-state index is 12.6. The highest BCUT2D eigenvalue weighted by Crippen LogP contribution is 2.30. The van der Waals surface area contributed by atoms with Crippen molar-refractivity contribution in [3.8, 4) is 0 Å². The number of halogens is 3. The second-order valence-electron chi connectivity index (χ2n) is 3.25. The Hall–Kier alpha value is -1.57. The molecule has 0 aromatic carbocycles. The molecule has 0 aliphatic carbocycles. The number of anilines is 2. The summed E-state index contributed by atoms with van der Waals surface area (Å²) in [6.45, 7) is 4.76. The van der Waals surface area contributed by atoms with Gasteiger partial charge in [0.15, 0.2) is 5.69 Å². The molecule has 17 heavy (non-hydrogen) atoms. The largest absolute Gasteiger partial charge is 0.433 e. The maximum atomic E-state index is 12.6. The van der Waals surface area contributed by atoms with Gasteiger partial charge in [-0.05, 0) is 13.8 Å². The standard InChI is InChI=1S/C9H14F3N5/c1-3-17(4-2)7-5-6(9(10,11)12)14-8(15-7)16-13/h5H,3-4,13H2,1-2H3,(H,14,15,16). The van der Waals surface area contributed by atoms with Crippen LogP contribution in [0.25, 0.3) is 0 Å². The van der Waals surface area contributed by atoms with Gasteiger partial charge in [-0.1, -0.05) is 0 Å². The molecule has 0 saturated carbocycles. The second kappa shape index (κ2) is 5.17. The molecular weight excluding hydrogens is 235 g/mol. The van der Waals surface area contributed by atoms with E-state index in [1.165, 1.54) is 0 Å². The predicted octanol–water partition coefficient (Wildman–Crippen LogP) is 1.63. The lowest BCUT2D eigenvalue weighted by atomic mass is 10.3. The highest BCUT2D eigenvalue weighted by Gasteiger charge is 2.34. The average molecular weight is 249 g/mol. The SMILES string of the molecule is CCN(CC)c1cc(C(F)(F)F)nc(NN)n1. The van der Waals surface area contributed by atoms with E-state index in [1.807, 2.05) is 19.3 Å². The molecular formula is C9H14F3N5. The normalized spacial score (nSPS) is 11.4. The van der Waals surface area contributed by atoms with Crippen LogP contribution in [0.5, 0.6) is 0 Å². The van der Waals surface area contributed by atoms with Crippen molar-refractivity contribution in [3.63, 3.8) is 0 Å². The van der Waals surface area contributed by atoms with Crippen molar-refractivity contribution < 1.29 is 13.2 Å². The van der Waals surface area contributed by atoms with Gasteiger partial charge in [0.2, 0.25) is 5.95 Å². The lowest BCUT2D eigenvalue weighted by Gasteiger charge is -2.21. The Bertz CT molecular complexity index is 375. The number of hydrogen-bond acceptors (Lipinski definition) is 5. The van der Waals surface area contributed by atoms with Crippen LogP contribution in [-0.2, 0) is 6.18 Å². The van der Waals surface area contributed by atoms with Gasteiger partial charge >= 0.3 is 6.18 Å². The van der Waals surface area contributed by atoms with E-state index in [0.29, 0.717) is 13.1 Å². The molecule has 0 aliphatic heterocycles. The molecule has 3 N–H and O–H groups in total. The third kappa shape index (κ3) is 3.19. The summed E-state index contributed by atoms with van der Waals surface area (Å²) in [6.07, 6.45) is -4.52. The van der Waals surface area contributed by atoms with E-state index in [2.05, 4.69) is 9.97 Å². The highest BCUT2D eigenvalue weighted by atomic mass is 19.4. The Morgan fingerprint density at radius 1 is 1.29 bits per heavy atom. The lowest BCUT2D eigenvalue weighted by Crippen LogP contribution is -2.25. The van der Waals surface area contributed by atoms with E-state index in [4.69, 9.17) is 5.84 Å². The number of nitrogen functional groups attached to an aromatic ring is 1. The number of nitrogens with one attached hydrogen (secondary N) is 1. The molecule has 1 rings (SSSR count). The van der Waals surface area contributed by atoms with Gasteiger partial charge in [-0.25, -0.2) is 10.8 Å². The van der Waals surface area contributed by atoms with Crippen molar-refractivity contribution in [1.29, 1.82) is 0 Å². The Morgan fingerprint density at radius 3 is 2.29 bits per heavy atom. The first-order valence-electron chi connectivity index (χ1n) is 5.10. The molecule has 0 unspecified atom stereocenters. The van der Waals surface area contributed by atoms with Crippen molar-refractivity contribution in [2.24, 2.45) is 5.84 Å². The topological polar surface area (TPSA) is 67.1 Å². The summed E-state index contributed by atoms with van der Waals surface area (Å²) < 4.78 is 37.7. The predicted molar refractivity (Wildman–Crippen MR) is 58.4 cm³/mol. The summed E-state index contributed by atoms with van der Waals surface area (Å²) in [5.41, 5.74) is 1.02. The number of hydrogen-bond donors (Lipinski definition) is 2. The summed E-state index contributed by atoms with van der Waals surface area (Å²) in [6, 6.07) is 0.911. The Labute approximate surface area is 96.8 Å². The van der Waals surface area contributed by atoms with Gasteiger partial charge in [0, 0.05) is 19.2 Å². The molecule has 0 bridgehead atoms. The fourth-order valence-electron chi connectivity index (χ4n) is 1.35. The molecule has 0 fully saturated rings. The molecule has 1 heterocycles. The zero-order valence-corrected chi connectivity index (χ0v) is 9.54. The average Bonchev–Trinajstić information content (AvgIpc) is 2.29. The molecule has 0 saturated heterocycles. The molecule has 0 amide bonds. The van der Waals surface area contributed by atoms with Crippen LogP contribution in [0.15, 0.2) is 6.07 Å². The Kier molecular flexibility index (Phi) is 4.11. The fourth-order valence-corrected chi connectivity index (χ4v) is 1.35. The van der Waals surface area contributed by atoms with Gasteiger partial charge in [0.05, 0.1) is 0 Å². The third-order valence-electron chi connectivity index (χ3n) is 2.22. The molecule has 8 heteroatoms. The summed E-state index contributed by atoms with van der Waals surface area (Å²) in [5.74, 6) is 5.00. The smallest absolute Gasteiger partial charge is 0.357 e. The lowest BCUT2D eigenvalue weighted by molar-refractivity contribution is -0.141. The molecule has 1 aromatic heterocycles. The molecule has 0 spiro atoms. The van der Waals surface area contributed by atoms with E-state index in [9.17, 15) is 13.2 Å². The molecule has 96 valence electrons. The number of rotatable bonds is 4. The van der Waals surface area contributed by atoms with Gasteiger partial charge in [0.1, 0.15) is 5.82 Å². The van der Waals surface area contributed by atoms with E-state index in [1.54, 1.807) is 4.90 Å². The minimum absolute atomic E-state index is 0.199. The van der Waals surface area contributed by atoms with Crippen LogP contribution in [0.4, 0.5) is 24.9 Å². The van der Waals surface area contributed by atoms with Crippen molar-refractivity contribution in [2.75, 3.05) is 23.4 Å². The number of hydrazine groups is 1. The summed E-state index contributed by atoms with van der Waals surface area (Å²) >= 11 is 0.